The molecule has 1 aliphatic rings. The summed E-state index contributed by atoms with van der Waals surface area (Å²) < 4.78 is 38.7. The molecule has 1 aliphatic heterocycles. The minimum absolute atomic E-state index is 0.213. The molecule has 1 saturated heterocycles. The fourth-order valence-electron chi connectivity index (χ4n) is 2.41. The van der Waals surface area contributed by atoms with E-state index in [0.29, 0.717) is 19.4 Å². The van der Waals surface area contributed by atoms with Gasteiger partial charge in [-0.3, -0.25) is 0 Å². The summed E-state index contributed by atoms with van der Waals surface area (Å²) in [6, 6.07) is 5.08. The molecule has 5 heteroatoms. The molecule has 2 rings (SSSR count). The van der Waals surface area contributed by atoms with Gasteiger partial charge in [-0.05, 0) is 37.9 Å². The highest BCUT2D eigenvalue weighted by atomic mass is 19.4. The zero-order chi connectivity index (χ0) is 13.4. The number of halogens is 3. The van der Waals surface area contributed by atoms with Crippen molar-refractivity contribution in [3.63, 3.8) is 0 Å². The monoisotopic (exact) mass is 259 g/mol. The van der Waals surface area contributed by atoms with Gasteiger partial charge in [-0.1, -0.05) is 18.2 Å². The summed E-state index contributed by atoms with van der Waals surface area (Å²) in [5, 5.41) is 13.0. The first-order valence-electron chi connectivity index (χ1n) is 5.91. The summed E-state index contributed by atoms with van der Waals surface area (Å²) in [7, 11) is 0. The maximum atomic E-state index is 12.9. The van der Waals surface area contributed by atoms with Crippen molar-refractivity contribution in [2.45, 2.75) is 37.6 Å². The van der Waals surface area contributed by atoms with Crippen LogP contribution in [0.2, 0.25) is 0 Å². The predicted octanol–water partition coefficient (Wildman–Crippen LogP) is 2.88. The minimum atomic E-state index is -4.36. The molecular weight excluding hydrogens is 243 g/mol. The maximum absolute atomic E-state index is 12.9. The first-order chi connectivity index (χ1) is 8.30. The van der Waals surface area contributed by atoms with Crippen LogP contribution in [-0.4, -0.2) is 17.3 Å². The largest absolute Gasteiger partial charge is 0.416 e. The second-order valence-corrected chi connectivity index (χ2v) is 5.04. The average molecular weight is 259 g/mol. The average Bonchev–Trinajstić information content (AvgIpc) is 2.26. The van der Waals surface area contributed by atoms with Gasteiger partial charge in [0, 0.05) is 6.04 Å². The Labute approximate surface area is 104 Å². The molecule has 2 N–H and O–H groups in total. The molecule has 2 unspecified atom stereocenters. The number of aliphatic hydroxyl groups is 1. The molecule has 100 valence electrons. The first-order valence-corrected chi connectivity index (χ1v) is 5.91. The van der Waals surface area contributed by atoms with E-state index in [4.69, 9.17) is 0 Å². The van der Waals surface area contributed by atoms with Crippen molar-refractivity contribution >= 4 is 0 Å². The zero-order valence-electron chi connectivity index (χ0n) is 10.1. The Kier molecular flexibility index (Phi) is 3.38. The van der Waals surface area contributed by atoms with E-state index in [9.17, 15) is 18.3 Å². The van der Waals surface area contributed by atoms with Crippen LogP contribution >= 0.6 is 0 Å². The molecule has 1 aromatic rings. The van der Waals surface area contributed by atoms with E-state index in [1.807, 2.05) is 0 Å². The van der Waals surface area contributed by atoms with Crippen molar-refractivity contribution in [2.75, 3.05) is 6.54 Å². The van der Waals surface area contributed by atoms with Crippen LogP contribution in [0.1, 0.15) is 36.9 Å². The Balaban J connectivity index is 2.33. The summed E-state index contributed by atoms with van der Waals surface area (Å²) in [5.74, 6) is 0. The molecule has 0 radical (unpaired) electrons. The van der Waals surface area contributed by atoms with Gasteiger partial charge in [-0.2, -0.15) is 13.2 Å². The Bertz CT molecular complexity index is 428. The number of nitrogens with one attached hydrogen (secondary N) is 1. The van der Waals surface area contributed by atoms with Crippen molar-refractivity contribution in [3.05, 3.63) is 35.4 Å². The normalized spacial score (nSPS) is 29.3. The van der Waals surface area contributed by atoms with Gasteiger partial charge in [0.2, 0.25) is 0 Å². The van der Waals surface area contributed by atoms with Crippen molar-refractivity contribution in [1.82, 2.24) is 5.32 Å². The van der Waals surface area contributed by atoms with Crippen molar-refractivity contribution < 1.29 is 18.3 Å². The lowest BCUT2D eigenvalue weighted by Gasteiger charge is -2.36. The van der Waals surface area contributed by atoms with Gasteiger partial charge in [0.1, 0.15) is 0 Å². The van der Waals surface area contributed by atoms with Gasteiger partial charge < -0.3 is 10.4 Å². The van der Waals surface area contributed by atoms with E-state index >= 15 is 0 Å². The Hall–Kier alpha value is -1.07. The molecule has 0 saturated carbocycles. The highest BCUT2D eigenvalue weighted by Gasteiger charge is 2.38. The van der Waals surface area contributed by atoms with Crippen LogP contribution in [0.15, 0.2) is 24.3 Å². The van der Waals surface area contributed by atoms with E-state index in [2.05, 4.69) is 5.32 Å². The molecule has 18 heavy (non-hydrogen) atoms. The molecule has 0 amide bonds. The number of hydrogen-bond donors (Lipinski definition) is 2. The maximum Gasteiger partial charge on any atom is 0.416 e. The van der Waals surface area contributed by atoms with Crippen LogP contribution in [0.3, 0.4) is 0 Å². The Morgan fingerprint density at radius 3 is 2.61 bits per heavy atom. The van der Waals surface area contributed by atoms with Crippen LogP contribution in [0, 0.1) is 0 Å². The van der Waals surface area contributed by atoms with Crippen LogP contribution in [0.4, 0.5) is 13.2 Å². The highest BCUT2D eigenvalue weighted by Crippen LogP contribution is 2.38. The predicted molar refractivity (Wildman–Crippen MR) is 62.0 cm³/mol. The molecule has 2 atom stereocenters. The lowest BCUT2D eigenvalue weighted by atomic mass is 9.85. The Morgan fingerprint density at radius 1 is 1.33 bits per heavy atom. The van der Waals surface area contributed by atoms with Gasteiger partial charge in [0.25, 0.3) is 0 Å². The van der Waals surface area contributed by atoms with Gasteiger partial charge in [-0.25, -0.2) is 0 Å². The van der Waals surface area contributed by atoms with E-state index in [1.54, 1.807) is 13.0 Å². The molecule has 0 aliphatic carbocycles. The molecule has 0 bridgehead atoms. The summed E-state index contributed by atoms with van der Waals surface area (Å²) in [5.41, 5.74) is -1.32. The van der Waals surface area contributed by atoms with E-state index in [-0.39, 0.29) is 5.56 Å². The molecule has 0 spiro atoms. The molecular formula is C13H16F3NO. The van der Waals surface area contributed by atoms with E-state index < -0.39 is 23.4 Å². The topological polar surface area (TPSA) is 32.3 Å². The number of piperidine rings is 1. The van der Waals surface area contributed by atoms with Gasteiger partial charge in [0.05, 0.1) is 11.2 Å². The summed E-state index contributed by atoms with van der Waals surface area (Å²) in [6.45, 7) is 2.18. The van der Waals surface area contributed by atoms with Crippen LogP contribution in [0.5, 0.6) is 0 Å². The summed E-state index contributed by atoms with van der Waals surface area (Å²) >= 11 is 0. The van der Waals surface area contributed by atoms with Crippen LogP contribution in [-0.2, 0) is 6.18 Å². The number of rotatable bonds is 1. The third-order valence-corrected chi connectivity index (χ3v) is 3.34. The fourth-order valence-corrected chi connectivity index (χ4v) is 2.41. The van der Waals surface area contributed by atoms with Crippen LogP contribution < -0.4 is 5.32 Å². The molecule has 1 heterocycles. The third-order valence-electron chi connectivity index (χ3n) is 3.34. The fraction of sp³-hybridized carbons (Fsp3) is 0.538. The van der Waals surface area contributed by atoms with Gasteiger partial charge >= 0.3 is 6.18 Å². The number of benzene rings is 1. The molecule has 1 fully saturated rings. The minimum Gasteiger partial charge on any atom is -0.390 e. The lowest BCUT2D eigenvalue weighted by Crippen LogP contribution is -2.42. The number of alkyl halides is 3. The van der Waals surface area contributed by atoms with Gasteiger partial charge in [-0.15, -0.1) is 0 Å². The number of hydrogen-bond acceptors (Lipinski definition) is 2. The standard InChI is InChI=1S/C13H16F3NO/c1-12(18)6-7-17-11(8-12)9-4-2-3-5-10(9)13(14,15)16/h2-5,11,17-18H,6-8H2,1H3. The van der Waals surface area contributed by atoms with E-state index in [1.165, 1.54) is 12.1 Å². The van der Waals surface area contributed by atoms with Crippen molar-refractivity contribution in [1.29, 1.82) is 0 Å². The first kappa shape index (κ1) is 13.4. The van der Waals surface area contributed by atoms with Crippen LogP contribution in [0.25, 0.3) is 0 Å². The zero-order valence-corrected chi connectivity index (χ0v) is 10.1. The van der Waals surface area contributed by atoms with Crippen molar-refractivity contribution in [3.8, 4) is 0 Å². The Morgan fingerprint density at radius 2 is 2.00 bits per heavy atom. The molecule has 0 aromatic heterocycles. The second-order valence-electron chi connectivity index (χ2n) is 5.04. The smallest absolute Gasteiger partial charge is 0.390 e. The summed E-state index contributed by atoms with van der Waals surface area (Å²) in [4.78, 5) is 0. The second kappa shape index (κ2) is 4.55. The van der Waals surface area contributed by atoms with E-state index in [0.717, 1.165) is 6.07 Å². The highest BCUT2D eigenvalue weighted by molar-refractivity contribution is 5.33. The SMILES string of the molecule is CC1(O)CCNC(c2ccccc2C(F)(F)F)C1. The third kappa shape index (κ3) is 2.84. The quantitative estimate of drug-likeness (QED) is 0.812. The van der Waals surface area contributed by atoms with Crippen molar-refractivity contribution in [2.24, 2.45) is 0 Å². The molecule has 2 nitrogen and oxygen atoms in total. The lowest BCUT2D eigenvalue weighted by molar-refractivity contribution is -0.138. The summed E-state index contributed by atoms with van der Waals surface area (Å²) in [6.07, 6.45) is -3.51. The molecule has 1 aromatic carbocycles. The van der Waals surface area contributed by atoms with Gasteiger partial charge in [0.15, 0.2) is 0 Å².